The van der Waals surface area contributed by atoms with E-state index >= 15 is 0 Å². The normalized spacial score (nSPS) is 21.9. The second-order valence-corrected chi connectivity index (χ2v) is 8.81. The van der Waals surface area contributed by atoms with E-state index in [0.29, 0.717) is 18.2 Å². The van der Waals surface area contributed by atoms with E-state index in [-0.39, 0.29) is 5.92 Å². The molecule has 1 saturated heterocycles. The second-order valence-electron chi connectivity index (χ2n) is 8.81. The lowest BCUT2D eigenvalue weighted by Crippen LogP contribution is -2.43. The van der Waals surface area contributed by atoms with Gasteiger partial charge in [0.1, 0.15) is 0 Å². The number of hydrogen-bond donors (Lipinski definition) is 0. The van der Waals surface area contributed by atoms with Gasteiger partial charge in [-0.05, 0) is 56.2 Å². The zero-order chi connectivity index (χ0) is 20.9. The summed E-state index contributed by atoms with van der Waals surface area (Å²) in [6.45, 7) is 3.45. The average molecular weight is 411 g/mol. The number of rotatable bonds is 6. The van der Waals surface area contributed by atoms with Crippen molar-refractivity contribution in [1.82, 2.24) is 9.80 Å². The average Bonchev–Trinajstić information content (AvgIpc) is 2.72. The van der Waals surface area contributed by atoms with Crippen molar-refractivity contribution in [1.29, 1.82) is 0 Å². The highest BCUT2D eigenvalue weighted by molar-refractivity contribution is 5.78. The van der Waals surface area contributed by atoms with Crippen LogP contribution in [-0.2, 0) is 17.4 Å². The fourth-order valence-electron chi connectivity index (χ4n) is 4.83. The third kappa shape index (κ3) is 6.46. The first-order chi connectivity index (χ1) is 13.8. The molecular formula is C23H33F3N2O. The van der Waals surface area contributed by atoms with Gasteiger partial charge < -0.3 is 9.80 Å². The monoisotopic (exact) mass is 410 g/mol. The minimum absolute atomic E-state index is 0.203. The summed E-state index contributed by atoms with van der Waals surface area (Å²) >= 11 is 0. The maximum Gasteiger partial charge on any atom is 0.416 e. The van der Waals surface area contributed by atoms with Crippen LogP contribution < -0.4 is 0 Å². The Morgan fingerprint density at radius 3 is 2.62 bits per heavy atom. The van der Waals surface area contributed by atoms with Crippen LogP contribution in [0.5, 0.6) is 0 Å². The standard InChI is InChI=1S/C23H33F3N2O/c1-27(22(29)20-9-3-2-4-10-20)16-19-8-6-13-28(17-19)14-12-18-7-5-11-21(15-18)23(24,25)26/h5,7,11,15,19-20H,2-4,6,8-10,12-14,16-17H2,1H3/t19-/m1/s1. The summed E-state index contributed by atoms with van der Waals surface area (Å²) in [6.07, 6.45) is 4.15. The van der Waals surface area contributed by atoms with Crippen molar-refractivity contribution in [3.05, 3.63) is 35.4 Å². The summed E-state index contributed by atoms with van der Waals surface area (Å²) in [5.74, 6) is 0.947. The Labute approximate surface area is 172 Å². The molecule has 0 spiro atoms. The first-order valence-corrected chi connectivity index (χ1v) is 11.0. The summed E-state index contributed by atoms with van der Waals surface area (Å²) in [5, 5.41) is 0. The largest absolute Gasteiger partial charge is 0.416 e. The van der Waals surface area contributed by atoms with Gasteiger partial charge in [0, 0.05) is 32.6 Å². The van der Waals surface area contributed by atoms with Gasteiger partial charge in [0.05, 0.1) is 5.56 Å². The fraction of sp³-hybridized carbons (Fsp3) is 0.696. The van der Waals surface area contributed by atoms with Crippen molar-refractivity contribution in [2.75, 3.05) is 33.2 Å². The van der Waals surface area contributed by atoms with E-state index in [4.69, 9.17) is 0 Å². The highest BCUT2D eigenvalue weighted by Crippen LogP contribution is 2.30. The molecule has 1 aromatic carbocycles. The van der Waals surface area contributed by atoms with Crippen molar-refractivity contribution in [2.24, 2.45) is 11.8 Å². The second kappa shape index (κ2) is 9.96. The third-order valence-corrected chi connectivity index (χ3v) is 6.44. The minimum atomic E-state index is -4.29. The Kier molecular flexibility index (Phi) is 7.60. The van der Waals surface area contributed by atoms with Crippen LogP contribution in [0.1, 0.15) is 56.1 Å². The molecule has 0 radical (unpaired) electrons. The van der Waals surface area contributed by atoms with Crippen LogP contribution in [0.25, 0.3) is 0 Å². The molecule has 0 unspecified atom stereocenters. The van der Waals surface area contributed by atoms with Gasteiger partial charge in [0.25, 0.3) is 0 Å². The van der Waals surface area contributed by atoms with Gasteiger partial charge in [-0.15, -0.1) is 0 Å². The van der Waals surface area contributed by atoms with E-state index in [1.54, 1.807) is 6.07 Å². The van der Waals surface area contributed by atoms with Gasteiger partial charge in [0.15, 0.2) is 0 Å². The lowest BCUT2D eigenvalue weighted by molar-refractivity contribution is -0.138. The van der Waals surface area contributed by atoms with Gasteiger partial charge >= 0.3 is 6.18 Å². The number of hydrogen-bond acceptors (Lipinski definition) is 2. The Morgan fingerprint density at radius 2 is 1.90 bits per heavy atom. The molecule has 2 fully saturated rings. The van der Waals surface area contributed by atoms with Crippen molar-refractivity contribution >= 4 is 5.91 Å². The molecule has 1 heterocycles. The number of halogens is 3. The minimum Gasteiger partial charge on any atom is -0.345 e. The molecule has 0 N–H and O–H groups in total. The van der Waals surface area contributed by atoms with E-state index in [1.165, 1.54) is 18.6 Å². The van der Waals surface area contributed by atoms with Gasteiger partial charge in [-0.3, -0.25) is 4.79 Å². The molecule has 3 rings (SSSR count). The van der Waals surface area contributed by atoms with Crippen molar-refractivity contribution in [3.63, 3.8) is 0 Å². The van der Waals surface area contributed by atoms with E-state index in [0.717, 1.165) is 76.3 Å². The number of benzene rings is 1. The molecule has 1 aromatic rings. The third-order valence-electron chi connectivity index (χ3n) is 6.44. The van der Waals surface area contributed by atoms with Crippen molar-refractivity contribution in [3.8, 4) is 0 Å². The first-order valence-electron chi connectivity index (χ1n) is 11.0. The topological polar surface area (TPSA) is 23.6 Å². The summed E-state index contributed by atoms with van der Waals surface area (Å²) < 4.78 is 38.7. The maximum atomic E-state index is 12.9. The predicted molar refractivity (Wildman–Crippen MR) is 109 cm³/mol. The zero-order valence-electron chi connectivity index (χ0n) is 17.4. The predicted octanol–water partition coefficient (Wildman–Crippen LogP) is 5.00. The number of carbonyl (C=O) groups is 1. The van der Waals surface area contributed by atoms with Crippen molar-refractivity contribution in [2.45, 2.75) is 57.5 Å². The fourth-order valence-corrected chi connectivity index (χ4v) is 4.83. The number of alkyl halides is 3. The van der Waals surface area contributed by atoms with Crippen LogP contribution in [0.3, 0.4) is 0 Å². The SMILES string of the molecule is CN(C[C@H]1CCCN(CCc2cccc(C(F)(F)F)c2)C1)C(=O)C1CCCCC1. The molecule has 2 aliphatic rings. The van der Waals surface area contributed by atoms with Crippen LogP contribution in [0.2, 0.25) is 0 Å². The summed E-state index contributed by atoms with van der Waals surface area (Å²) in [4.78, 5) is 17.0. The highest BCUT2D eigenvalue weighted by Gasteiger charge is 2.30. The molecule has 162 valence electrons. The molecular weight excluding hydrogens is 377 g/mol. The van der Waals surface area contributed by atoms with Crippen LogP contribution >= 0.6 is 0 Å². The zero-order valence-corrected chi connectivity index (χ0v) is 17.4. The molecule has 1 aliphatic heterocycles. The van der Waals surface area contributed by atoms with Gasteiger partial charge in [0.2, 0.25) is 5.91 Å². The molecule has 1 atom stereocenters. The van der Waals surface area contributed by atoms with Crippen LogP contribution in [0, 0.1) is 11.8 Å². The molecule has 6 heteroatoms. The number of nitrogens with zero attached hydrogens (tertiary/aromatic N) is 2. The quantitative estimate of drug-likeness (QED) is 0.659. The van der Waals surface area contributed by atoms with Gasteiger partial charge in [-0.1, -0.05) is 37.5 Å². The maximum absolute atomic E-state index is 12.9. The molecule has 29 heavy (non-hydrogen) atoms. The number of likely N-dealkylation sites (tertiary alicyclic amines) is 1. The van der Waals surface area contributed by atoms with Crippen LogP contribution in [0.4, 0.5) is 13.2 Å². The molecule has 1 aliphatic carbocycles. The summed E-state index contributed by atoms with van der Waals surface area (Å²) in [6, 6.07) is 5.65. The van der Waals surface area contributed by atoms with E-state index in [9.17, 15) is 18.0 Å². The van der Waals surface area contributed by atoms with Crippen LogP contribution in [0.15, 0.2) is 24.3 Å². The van der Waals surface area contributed by atoms with E-state index in [2.05, 4.69) is 4.90 Å². The first kappa shape index (κ1) is 22.1. The molecule has 1 amide bonds. The Hall–Kier alpha value is -1.56. The number of carbonyl (C=O) groups excluding carboxylic acids is 1. The lowest BCUT2D eigenvalue weighted by Gasteiger charge is -2.36. The molecule has 1 saturated carbocycles. The molecule has 0 bridgehead atoms. The summed E-state index contributed by atoms with van der Waals surface area (Å²) in [7, 11) is 1.93. The smallest absolute Gasteiger partial charge is 0.345 e. The Balaban J connectivity index is 1.47. The van der Waals surface area contributed by atoms with Gasteiger partial charge in [-0.25, -0.2) is 0 Å². The number of amides is 1. The van der Waals surface area contributed by atoms with E-state index < -0.39 is 11.7 Å². The lowest BCUT2D eigenvalue weighted by atomic mass is 9.88. The Morgan fingerprint density at radius 1 is 1.14 bits per heavy atom. The Bertz CT molecular complexity index is 670. The van der Waals surface area contributed by atoms with Gasteiger partial charge in [-0.2, -0.15) is 13.2 Å². The summed E-state index contributed by atoms with van der Waals surface area (Å²) in [5.41, 5.74) is 0.154. The highest BCUT2D eigenvalue weighted by atomic mass is 19.4. The van der Waals surface area contributed by atoms with Crippen LogP contribution in [-0.4, -0.2) is 48.9 Å². The molecule has 3 nitrogen and oxygen atoms in total. The number of piperidine rings is 1. The van der Waals surface area contributed by atoms with Crippen molar-refractivity contribution < 1.29 is 18.0 Å². The van der Waals surface area contributed by atoms with E-state index in [1.807, 2.05) is 11.9 Å². The molecule has 0 aromatic heterocycles.